The van der Waals surface area contributed by atoms with Crippen LogP contribution in [-0.2, 0) is 13.5 Å². The molecule has 1 saturated heterocycles. The van der Waals surface area contributed by atoms with E-state index in [1.165, 1.54) is 11.6 Å². The van der Waals surface area contributed by atoms with Crippen LogP contribution < -0.4 is 10.6 Å². The van der Waals surface area contributed by atoms with Crippen LogP contribution in [0.3, 0.4) is 0 Å². The zero-order valence-electron chi connectivity index (χ0n) is 18.4. The van der Waals surface area contributed by atoms with Crippen LogP contribution in [-0.4, -0.2) is 57.4 Å². The summed E-state index contributed by atoms with van der Waals surface area (Å²) in [4.78, 5) is 14.2. The van der Waals surface area contributed by atoms with Crippen molar-refractivity contribution in [2.75, 3.05) is 43.4 Å². The fourth-order valence-electron chi connectivity index (χ4n) is 4.20. The smallest absolute Gasteiger partial charge is 0.228 e. The highest BCUT2D eigenvalue weighted by molar-refractivity contribution is 6.31. The molecule has 5 rings (SSSR count). The molecule has 0 bridgehead atoms. The van der Waals surface area contributed by atoms with Crippen molar-refractivity contribution in [1.82, 2.24) is 24.6 Å². The summed E-state index contributed by atoms with van der Waals surface area (Å²) in [6, 6.07) is 15.1. The van der Waals surface area contributed by atoms with Crippen molar-refractivity contribution >= 4 is 34.4 Å². The summed E-state index contributed by atoms with van der Waals surface area (Å²) in [7, 11) is 1.77. The van der Waals surface area contributed by atoms with E-state index in [4.69, 9.17) is 27.3 Å². The van der Waals surface area contributed by atoms with Crippen LogP contribution in [0.2, 0.25) is 5.02 Å². The van der Waals surface area contributed by atoms with E-state index in [1.54, 1.807) is 23.9 Å². The van der Waals surface area contributed by atoms with Gasteiger partial charge in [-0.05, 0) is 30.2 Å². The summed E-state index contributed by atoms with van der Waals surface area (Å²) in [6.07, 6.45) is 1.03. The van der Waals surface area contributed by atoms with Crippen LogP contribution in [0.25, 0.3) is 22.3 Å². The summed E-state index contributed by atoms with van der Waals surface area (Å²) < 4.78 is 15.4. The van der Waals surface area contributed by atoms with Gasteiger partial charge in [-0.1, -0.05) is 41.9 Å². The minimum absolute atomic E-state index is 0.0373. The van der Waals surface area contributed by atoms with E-state index in [2.05, 4.69) is 39.2 Å². The van der Waals surface area contributed by atoms with Crippen molar-refractivity contribution < 1.29 is 4.39 Å². The highest BCUT2D eigenvalue weighted by atomic mass is 35.5. The summed E-state index contributed by atoms with van der Waals surface area (Å²) in [5.41, 5.74) is 9.41. The first kappa shape index (κ1) is 21.6. The molecule has 0 unspecified atom stereocenters. The Morgan fingerprint density at radius 2 is 1.79 bits per heavy atom. The number of aryl methyl sites for hydroxylation is 1. The van der Waals surface area contributed by atoms with Crippen molar-refractivity contribution in [3.05, 3.63) is 64.9 Å². The fourth-order valence-corrected chi connectivity index (χ4v) is 4.38. The van der Waals surface area contributed by atoms with Crippen LogP contribution in [0.15, 0.2) is 48.5 Å². The van der Waals surface area contributed by atoms with E-state index in [0.29, 0.717) is 34.1 Å². The molecule has 2 aromatic carbocycles. The van der Waals surface area contributed by atoms with Gasteiger partial charge in [-0.25, -0.2) is 9.37 Å². The van der Waals surface area contributed by atoms with Crippen LogP contribution in [0, 0.1) is 5.82 Å². The lowest BCUT2D eigenvalue weighted by Gasteiger charge is -2.34. The molecule has 0 spiro atoms. The number of hydrogen-bond donors (Lipinski definition) is 1. The number of rotatable bonds is 5. The molecule has 0 atom stereocenters. The zero-order valence-corrected chi connectivity index (χ0v) is 19.1. The van der Waals surface area contributed by atoms with Gasteiger partial charge in [0.15, 0.2) is 5.65 Å². The van der Waals surface area contributed by atoms with E-state index in [0.717, 1.165) is 39.1 Å². The quantitative estimate of drug-likeness (QED) is 0.483. The third-order valence-electron chi connectivity index (χ3n) is 6.14. The molecule has 0 amide bonds. The van der Waals surface area contributed by atoms with Crippen LogP contribution >= 0.6 is 11.6 Å². The van der Waals surface area contributed by atoms with Crippen molar-refractivity contribution in [1.29, 1.82) is 0 Å². The van der Waals surface area contributed by atoms with Gasteiger partial charge in [0.25, 0.3) is 0 Å². The topological polar surface area (TPSA) is 76.1 Å². The van der Waals surface area contributed by atoms with E-state index < -0.39 is 5.82 Å². The Morgan fingerprint density at radius 3 is 2.52 bits per heavy atom. The first-order valence-electron chi connectivity index (χ1n) is 11.0. The largest absolute Gasteiger partial charge is 0.383 e. The Morgan fingerprint density at radius 1 is 1.03 bits per heavy atom. The second-order valence-corrected chi connectivity index (χ2v) is 8.68. The molecular weight excluding hydrogens is 441 g/mol. The molecular formula is C24H25ClFN7. The molecule has 2 aromatic heterocycles. The highest BCUT2D eigenvalue weighted by Crippen LogP contribution is 2.33. The van der Waals surface area contributed by atoms with Gasteiger partial charge < -0.3 is 10.6 Å². The van der Waals surface area contributed by atoms with Crippen molar-refractivity contribution in [3.8, 4) is 11.3 Å². The molecule has 170 valence electrons. The maximum Gasteiger partial charge on any atom is 0.228 e. The fraction of sp³-hybridized carbons (Fsp3) is 0.292. The number of anilines is 2. The lowest BCUT2D eigenvalue weighted by Crippen LogP contribution is -2.47. The maximum absolute atomic E-state index is 13.8. The molecule has 7 nitrogen and oxygen atoms in total. The van der Waals surface area contributed by atoms with E-state index in [-0.39, 0.29) is 5.02 Å². The normalized spacial score (nSPS) is 14.8. The number of aromatic nitrogens is 4. The predicted octanol–water partition coefficient (Wildman–Crippen LogP) is 3.77. The van der Waals surface area contributed by atoms with Crippen LogP contribution in [0.1, 0.15) is 5.56 Å². The molecule has 0 aliphatic carbocycles. The van der Waals surface area contributed by atoms with E-state index in [9.17, 15) is 4.39 Å². The van der Waals surface area contributed by atoms with Crippen molar-refractivity contribution in [3.63, 3.8) is 0 Å². The number of benzene rings is 2. The van der Waals surface area contributed by atoms with Gasteiger partial charge in [-0.3, -0.25) is 9.58 Å². The Bertz CT molecular complexity index is 1280. The average Bonchev–Trinajstić information content (AvgIpc) is 3.13. The molecule has 3 heterocycles. The lowest BCUT2D eigenvalue weighted by molar-refractivity contribution is 0.260. The Balaban J connectivity index is 1.39. The number of halogens is 2. The van der Waals surface area contributed by atoms with Gasteiger partial charge in [0.1, 0.15) is 11.6 Å². The first-order valence-corrected chi connectivity index (χ1v) is 11.3. The van der Waals surface area contributed by atoms with E-state index >= 15 is 0 Å². The number of nitrogens with zero attached hydrogens (tertiary/aromatic N) is 6. The van der Waals surface area contributed by atoms with Crippen molar-refractivity contribution in [2.24, 2.45) is 7.05 Å². The van der Waals surface area contributed by atoms with Gasteiger partial charge in [-0.2, -0.15) is 10.1 Å². The number of hydrogen-bond acceptors (Lipinski definition) is 6. The Hall–Kier alpha value is -3.23. The summed E-state index contributed by atoms with van der Waals surface area (Å²) in [5.74, 6) is 0.577. The van der Waals surface area contributed by atoms with Gasteiger partial charge in [0.2, 0.25) is 5.95 Å². The number of nitrogens with two attached hydrogens (primary N) is 1. The average molecular weight is 466 g/mol. The Kier molecular flexibility index (Phi) is 5.86. The molecule has 1 fully saturated rings. The first-order chi connectivity index (χ1) is 16.0. The molecule has 1 aliphatic rings. The SMILES string of the molecule is Cn1nc2nc(N3CCN(CCc4ccccc4)CC3)nc(-c3ccc(F)c(Cl)c3)c2c1N. The molecule has 2 N–H and O–H groups in total. The predicted molar refractivity (Wildman–Crippen MR) is 130 cm³/mol. The van der Waals surface area contributed by atoms with Gasteiger partial charge in [0, 0.05) is 45.3 Å². The van der Waals surface area contributed by atoms with Crippen LogP contribution in [0.5, 0.6) is 0 Å². The molecule has 0 saturated carbocycles. The van der Waals surface area contributed by atoms with Gasteiger partial charge in [0.05, 0.1) is 16.1 Å². The minimum Gasteiger partial charge on any atom is -0.383 e. The number of fused-ring (bicyclic) bond motifs is 1. The second-order valence-electron chi connectivity index (χ2n) is 8.27. The zero-order chi connectivity index (χ0) is 22.9. The summed E-state index contributed by atoms with van der Waals surface area (Å²) >= 11 is 6.05. The summed E-state index contributed by atoms with van der Waals surface area (Å²) in [6.45, 7) is 4.50. The monoisotopic (exact) mass is 465 g/mol. The summed E-state index contributed by atoms with van der Waals surface area (Å²) in [5, 5.41) is 5.15. The molecule has 0 radical (unpaired) electrons. The third-order valence-corrected chi connectivity index (χ3v) is 6.42. The second kappa shape index (κ2) is 8.96. The van der Waals surface area contributed by atoms with E-state index in [1.807, 2.05) is 6.07 Å². The standard InChI is InChI=1S/C24H25ClFN7/c1-31-22(27)20-21(17-7-8-19(26)18(25)15-17)28-24(29-23(20)30-31)33-13-11-32(12-14-33)10-9-16-5-3-2-4-6-16/h2-8,15H,9-14,27H2,1H3. The lowest BCUT2D eigenvalue weighted by atomic mass is 10.1. The molecule has 1 aliphatic heterocycles. The minimum atomic E-state index is -0.475. The molecule has 9 heteroatoms. The maximum atomic E-state index is 13.8. The molecule has 4 aromatic rings. The highest BCUT2D eigenvalue weighted by Gasteiger charge is 2.23. The molecule has 33 heavy (non-hydrogen) atoms. The van der Waals surface area contributed by atoms with Crippen molar-refractivity contribution in [2.45, 2.75) is 6.42 Å². The Labute approximate surface area is 196 Å². The third kappa shape index (κ3) is 4.36. The van der Waals surface area contributed by atoms with Crippen LogP contribution in [0.4, 0.5) is 16.2 Å². The van der Waals surface area contributed by atoms with Gasteiger partial charge in [-0.15, -0.1) is 0 Å². The van der Waals surface area contributed by atoms with Gasteiger partial charge >= 0.3 is 0 Å². The number of piperazine rings is 1. The number of nitrogen functional groups attached to an aromatic ring is 1.